The van der Waals surface area contributed by atoms with Gasteiger partial charge >= 0.3 is 0 Å². The maximum Gasteiger partial charge on any atom is -0.000139 e. The predicted octanol–water partition coefficient (Wildman–Crippen LogP) is 18.5. The van der Waals surface area contributed by atoms with Gasteiger partial charge < -0.3 is 0 Å². The van der Waals surface area contributed by atoms with Crippen LogP contribution in [0.5, 0.6) is 0 Å². The van der Waals surface area contributed by atoms with Gasteiger partial charge in [0.1, 0.15) is 0 Å². The molecule has 0 fully saturated rings. The van der Waals surface area contributed by atoms with Gasteiger partial charge in [-0.1, -0.05) is 267 Å². The van der Waals surface area contributed by atoms with Crippen molar-refractivity contribution in [3.63, 3.8) is 0 Å². The Labute approximate surface area is 386 Å². The Kier molecular flexibility index (Phi) is 9.97. The molecule has 0 aliphatic carbocycles. The predicted molar refractivity (Wildman–Crippen MR) is 282 cm³/mol. The third-order valence-corrected chi connectivity index (χ3v) is 13.3. The lowest BCUT2D eigenvalue weighted by molar-refractivity contribution is 1.59. The quantitative estimate of drug-likeness (QED) is 0.134. The summed E-state index contributed by atoms with van der Waals surface area (Å²) in [6.45, 7) is 0. The van der Waals surface area contributed by atoms with Gasteiger partial charge in [-0.15, -0.1) is 0 Å². The van der Waals surface area contributed by atoms with Crippen molar-refractivity contribution >= 4 is 32.3 Å². The van der Waals surface area contributed by atoms with Gasteiger partial charge in [0.25, 0.3) is 0 Å². The molecule has 0 radical (unpaired) electrons. The molecule has 12 rings (SSSR count). The van der Waals surface area contributed by atoms with Crippen LogP contribution < -0.4 is 0 Å². The van der Waals surface area contributed by atoms with Gasteiger partial charge in [0, 0.05) is 0 Å². The fraction of sp³-hybridized carbons (Fsp3) is 0. The molecule has 0 bridgehead atoms. The summed E-state index contributed by atoms with van der Waals surface area (Å²) in [7, 11) is 0. The average molecular weight is 837 g/mol. The number of hydrogen-bond acceptors (Lipinski definition) is 0. The Morgan fingerprint density at radius 3 is 0.470 bits per heavy atom. The van der Waals surface area contributed by atoms with Crippen LogP contribution in [0.25, 0.3) is 121 Å². The fourth-order valence-electron chi connectivity index (χ4n) is 10.2. The third-order valence-electron chi connectivity index (χ3n) is 13.3. The average Bonchev–Trinajstić information content (AvgIpc) is 3.41. The zero-order chi connectivity index (χ0) is 43.8. The number of rotatable bonds is 8. The van der Waals surface area contributed by atoms with Crippen LogP contribution in [0.3, 0.4) is 0 Å². The Morgan fingerprint density at radius 2 is 0.273 bits per heavy atom. The van der Waals surface area contributed by atoms with E-state index in [0.29, 0.717) is 0 Å². The second-order valence-electron chi connectivity index (χ2n) is 17.1. The van der Waals surface area contributed by atoms with E-state index in [9.17, 15) is 0 Å². The van der Waals surface area contributed by atoms with Crippen molar-refractivity contribution in [2.75, 3.05) is 0 Å². The molecule has 308 valence electrons. The summed E-state index contributed by atoms with van der Waals surface area (Å²) in [6.07, 6.45) is 0. The van der Waals surface area contributed by atoms with Crippen molar-refractivity contribution in [2.45, 2.75) is 0 Å². The van der Waals surface area contributed by atoms with Crippen molar-refractivity contribution in [2.24, 2.45) is 0 Å². The molecule has 0 atom stereocenters. The van der Waals surface area contributed by atoms with Gasteiger partial charge in [0.05, 0.1) is 0 Å². The molecule has 66 heavy (non-hydrogen) atoms. The molecular weight excluding hydrogens is 793 g/mol. The number of fused-ring (bicyclic) bond motifs is 3. The first-order valence-electron chi connectivity index (χ1n) is 22.8. The molecule has 0 saturated heterocycles. The molecule has 0 aliphatic heterocycles. The molecule has 0 spiro atoms. The van der Waals surface area contributed by atoms with E-state index in [2.05, 4.69) is 267 Å². The lowest BCUT2D eigenvalue weighted by atomic mass is 9.77. The van der Waals surface area contributed by atoms with Crippen LogP contribution in [-0.2, 0) is 0 Å². The Bertz CT molecular complexity index is 3160. The fourth-order valence-corrected chi connectivity index (χ4v) is 10.2. The summed E-state index contributed by atoms with van der Waals surface area (Å²) in [5.74, 6) is 0. The molecule has 0 unspecified atom stereocenters. The molecule has 12 aromatic carbocycles. The van der Waals surface area contributed by atoms with Gasteiger partial charge in [-0.2, -0.15) is 0 Å². The summed E-state index contributed by atoms with van der Waals surface area (Å²) < 4.78 is 0. The highest BCUT2D eigenvalue weighted by Crippen LogP contribution is 2.54. The highest BCUT2D eigenvalue weighted by molar-refractivity contribution is 6.34. The van der Waals surface area contributed by atoms with Crippen LogP contribution in [-0.4, -0.2) is 0 Å². The summed E-state index contributed by atoms with van der Waals surface area (Å²) in [6, 6.07) is 98.0. The summed E-state index contributed by atoms with van der Waals surface area (Å²) in [5.41, 5.74) is 19.3. The number of hydrogen-bond donors (Lipinski definition) is 0. The first-order chi connectivity index (χ1) is 32.8. The monoisotopic (exact) mass is 836 g/mol. The minimum Gasteiger partial charge on any atom is -0.0622 e. The van der Waals surface area contributed by atoms with Crippen molar-refractivity contribution < 1.29 is 0 Å². The van der Waals surface area contributed by atoms with Crippen LogP contribution in [0.4, 0.5) is 0 Å². The van der Waals surface area contributed by atoms with Crippen LogP contribution in [0, 0.1) is 0 Å². The van der Waals surface area contributed by atoms with Gasteiger partial charge in [0.2, 0.25) is 0 Å². The molecule has 12 aromatic rings. The first-order valence-corrected chi connectivity index (χ1v) is 22.8. The first kappa shape index (κ1) is 39.0. The second kappa shape index (κ2) is 16.8. The lowest BCUT2D eigenvalue weighted by Crippen LogP contribution is -1.98. The van der Waals surface area contributed by atoms with E-state index < -0.39 is 0 Å². The van der Waals surface area contributed by atoms with E-state index in [1.807, 2.05) is 0 Å². The van der Waals surface area contributed by atoms with E-state index in [4.69, 9.17) is 0 Å². The minimum absolute atomic E-state index is 1.18. The molecule has 0 heteroatoms. The van der Waals surface area contributed by atoms with Crippen molar-refractivity contribution in [3.8, 4) is 89.0 Å². The van der Waals surface area contributed by atoms with Crippen LogP contribution in [0.2, 0.25) is 0 Å². The summed E-state index contributed by atoms with van der Waals surface area (Å²) in [4.78, 5) is 0. The molecular formula is C66H44. The maximum atomic E-state index is 2.34. The standard InChI is InChI=1S/C66H44/c1-5-17-45(18-6-1)49-29-37-53(38-30-49)61-57-25-13-14-26-58(57)63(55-41-33-51(34-42-55)47-21-9-3-10-22-47)66-64(56-43-35-52(36-44-56)48-23-11-4-12-24-48)60-28-16-15-27-59(60)62(65(61)66)54-39-31-50(32-40-54)46-19-7-2-8-20-46/h1-44H. The minimum atomic E-state index is 1.18. The normalized spacial score (nSPS) is 11.3. The van der Waals surface area contributed by atoms with Crippen molar-refractivity contribution in [3.05, 3.63) is 267 Å². The molecule has 0 nitrogen and oxygen atoms in total. The van der Waals surface area contributed by atoms with Crippen LogP contribution in [0.1, 0.15) is 0 Å². The van der Waals surface area contributed by atoms with Gasteiger partial charge in [-0.05, 0) is 121 Å². The molecule has 0 N–H and O–H groups in total. The molecule has 0 saturated carbocycles. The van der Waals surface area contributed by atoms with E-state index in [1.54, 1.807) is 0 Å². The SMILES string of the molecule is c1ccc(-c2ccc(-c3c4ccccc4c(-c4ccc(-c5ccccc5)cc4)c4c(-c5ccc(-c6ccccc6)cc5)c5ccccc5c(-c5ccc(-c6ccccc6)cc5)c34)cc2)cc1. The van der Waals surface area contributed by atoms with Crippen LogP contribution in [0.15, 0.2) is 267 Å². The van der Waals surface area contributed by atoms with Gasteiger partial charge in [-0.3, -0.25) is 0 Å². The highest BCUT2D eigenvalue weighted by Gasteiger charge is 2.26. The van der Waals surface area contributed by atoms with E-state index in [1.165, 1.54) is 121 Å². The zero-order valence-corrected chi connectivity index (χ0v) is 36.4. The summed E-state index contributed by atoms with van der Waals surface area (Å²) in [5, 5.41) is 7.39. The molecule has 0 aliphatic rings. The molecule has 0 heterocycles. The number of benzene rings is 12. The Morgan fingerprint density at radius 1 is 0.121 bits per heavy atom. The molecule has 0 amide bonds. The Hall–Kier alpha value is -8.58. The maximum absolute atomic E-state index is 2.34. The molecule has 0 aromatic heterocycles. The van der Waals surface area contributed by atoms with Gasteiger partial charge in [0.15, 0.2) is 0 Å². The second-order valence-corrected chi connectivity index (χ2v) is 17.1. The smallest absolute Gasteiger partial charge is 0.000139 e. The third kappa shape index (κ3) is 6.97. The van der Waals surface area contributed by atoms with Crippen LogP contribution >= 0.6 is 0 Å². The Balaban J connectivity index is 1.23. The van der Waals surface area contributed by atoms with E-state index in [0.717, 1.165) is 0 Å². The van der Waals surface area contributed by atoms with E-state index >= 15 is 0 Å². The van der Waals surface area contributed by atoms with Crippen molar-refractivity contribution in [1.29, 1.82) is 0 Å². The van der Waals surface area contributed by atoms with Gasteiger partial charge in [-0.25, -0.2) is 0 Å². The lowest BCUT2D eigenvalue weighted by Gasteiger charge is -2.25. The van der Waals surface area contributed by atoms with Crippen molar-refractivity contribution in [1.82, 2.24) is 0 Å². The highest BCUT2D eigenvalue weighted by atomic mass is 14.3. The summed E-state index contributed by atoms with van der Waals surface area (Å²) >= 11 is 0. The zero-order valence-electron chi connectivity index (χ0n) is 36.4. The largest absolute Gasteiger partial charge is 0.0622 e. The topological polar surface area (TPSA) is 0 Å². The van der Waals surface area contributed by atoms with E-state index in [-0.39, 0.29) is 0 Å².